The highest BCUT2D eigenvalue weighted by atomic mass is 16.6. The van der Waals surface area contributed by atoms with Crippen LogP contribution in [0.4, 0.5) is 16.2 Å². The van der Waals surface area contributed by atoms with Gasteiger partial charge < -0.3 is 24.5 Å². The van der Waals surface area contributed by atoms with Gasteiger partial charge in [-0.1, -0.05) is 25.0 Å². The molecule has 2 aromatic heterocycles. The topological polar surface area (TPSA) is 93.4 Å². The minimum atomic E-state index is -0.527. The van der Waals surface area contributed by atoms with E-state index in [0.29, 0.717) is 12.5 Å². The summed E-state index contributed by atoms with van der Waals surface area (Å²) in [5, 5.41) is 0. The highest BCUT2D eigenvalue weighted by Gasteiger charge is 2.35. The van der Waals surface area contributed by atoms with Crippen LogP contribution < -0.4 is 9.80 Å². The molecule has 9 nitrogen and oxygen atoms in total. The number of benzene rings is 2. The minimum Gasteiger partial charge on any atom is -0.444 e. The van der Waals surface area contributed by atoms with E-state index in [1.807, 2.05) is 38.1 Å². The van der Waals surface area contributed by atoms with Gasteiger partial charge in [0.2, 0.25) is 0 Å². The van der Waals surface area contributed by atoms with Crippen molar-refractivity contribution in [2.24, 2.45) is 0 Å². The molecule has 1 saturated carbocycles. The van der Waals surface area contributed by atoms with E-state index < -0.39 is 5.60 Å². The van der Waals surface area contributed by atoms with Gasteiger partial charge in [-0.3, -0.25) is 4.90 Å². The minimum absolute atomic E-state index is 0.104. The second-order valence-electron chi connectivity index (χ2n) is 14.1. The number of ether oxygens (including phenoxy) is 1. The number of aromatic nitrogens is 4. The van der Waals surface area contributed by atoms with E-state index in [0.717, 1.165) is 54.5 Å². The van der Waals surface area contributed by atoms with E-state index >= 15 is 0 Å². The lowest BCUT2D eigenvalue weighted by molar-refractivity contribution is 0.0218. The van der Waals surface area contributed by atoms with Gasteiger partial charge in [0.15, 0.2) is 0 Å². The number of likely N-dealkylation sites (tertiary alicyclic amines) is 1. The van der Waals surface area contributed by atoms with Crippen molar-refractivity contribution < 1.29 is 9.53 Å². The molecule has 9 heteroatoms. The van der Waals surface area contributed by atoms with Gasteiger partial charge in [0.25, 0.3) is 0 Å². The summed E-state index contributed by atoms with van der Waals surface area (Å²) in [4.78, 5) is 36.0. The fourth-order valence-corrected chi connectivity index (χ4v) is 7.32. The van der Waals surface area contributed by atoms with Crippen LogP contribution in [0.3, 0.4) is 0 Å². The summed E-state index contributed by atoms with van der Waals surface area (Å²) in [5.41, 5.74) is 8.82. The number of rotatable bonds is 4. The van der Waals surface area contributed by atoms with E-state index in [-0.39, 0.29) is 12.1 Å². The number of carbonyl (C=O) groups is 1. The fourth-order valence-electron chi connectivity index (χ4n) is 7.32. The van der Waals surface area contributed by atoms with Gasteiger partial charge in [0, 0.05) is 62.1 Å². The number of fused-ring (bicyclic) bond motifs is 2. The zero-order valence-corrected chi connectivity index (χ0v) is 27.2. The van der Waals surface area contributed by atoms with Crippen molar-refractivity contribution >= 4 is 17.5 Å². The first-order valence-electron chi connectivity index (χ1n) is 16.4. The highest BCUT2D eigenvalue weighted by Crippen LogP contribution is 2.38. The molecule has 0 spiro atoms. The standard InChI is InChI=1S/C36H45N7O2/c1-36(2,3)45-35(44)43-16-8-11-32(43)34-38-20-29(40-34)25-13-15-31-27(18-25)22-42(5)30-14-12-24(17-26(30)21-41(31)4)28-19-37-33(39-28)23-9-6-7-10-23/h12-15,17-20,23,32H,6-11,16,21-22H2,1-5H3,(H,37,39)(H,38,40). The summed E-state index contributed by atoms with van der Waals surface area (Å²) in [6.45, 7) is 7.97. The summed E-state index contributed by atoms with van der Waals surface area (Å²) in [6, 6.07) is 13.4. The second kappa shape index (κ2) is 11.6. The molecule has 2 aromatic carbocycles. The third kappa shape index (κ3) is 5.92. The smallest absolute Gasteiger partial charge is 0.410 e. The summed E-state index contributed by atoms with van der Waals surface area (Å²) in [7, 11) is 4.35. The Morgan fingerprint density at radius 2 is 1.36 bits per heavy atom. The molecule has 7 rings (SSSR count). The Labute approximate surface area is 266 Å². The number of hydrogen-bond acceptors (Lipinski definition) is 6. The third-order valence-corrected chi connectivity index (χ3v) is 9.55. The first-order valence-corrected chi connectivity index (χ1v) is 16.4. The zero-order valence-electron chi connectivity index (χ0n) is 27.2. The number of nitrogens with one attached hydrogen (secondary N) is 2. The van der Waals surface area contributed by atoms with Gasteiger partial charge in [-0.25, -0.2) is 14.8 Å². The Bertz CT molecular complexity index is 1690. The lowest BCUT2D eigenvalue weighted by Gasteiger charge is -2.32. The molecule has 45 heavy (non-hydrogen) atoms. The Hall–Kier alpha value is -4.27. The van der Waals surface area contributed by atoms with Gasteiger partial charge in [-0.2, -0.15) is 0 Å². The summed E-state index contributed by atoms with van der Waals surface area (Å²) >= 11 is 0. The van der Waals surface area contributed by atoms with Crippen LogP contribution in [0.1, 0.15) is 94.0 Å². The van der Waals surface area contributed by atoms with Crippen molar-refractivity contribution in [3.8, 4) is 22.5 Å². The SMILES string of the molecule is CN1Cc2cc(-c3cnc(C4CCCN4C(=O)OC(C)(C)C)[nH]3)ccc2N(C)Cc2cc(-c3cnc(C4CCCC4)[nH]3)ccc21. The first kappa shape index (κ1) is 29.4. The third-order valence-electron chi connectivity index (χ3n) is 9.55. The molecule has 2 N–H and O–H groups in total. The van der Waals surface area contributed by atoms with Gasteiger partial charge in [-0.05, 0) is 81.8 Å². The second-order valence-corrected chi connectivity index (χ2v) is 14.1. The molecule has 3 aliphatic rings. The maximum Gasteiger partial charge on any atom is 0.410 e. The Morgan fingerprint density at radius 3 is 1.93 bits per heavy atom. The predicted octanol–water partition coefficient (Wildman–Crippen LogP) is 7.78. The van der Waals surface area contributed by atoms with Crippen LogP contribution in [0.25, 0.3) is 22.5 Å². The number of hydrogen-bond donors (Lipinski definition) is 2. The van der Waals surface area contributed by atoms with Gasteiger partial charge in [0.1, 0.15) is 17.2 Å². The van der Waals surface area contributed by atoms with Crippen molar-refractivity contribution in [1.82, 2.24) is 24.8 Å². The number of nitrogens with zero attached hydrogens (tertiary/aromatic N) is 5. The lowest BCUT2D eigenvalue weighted by atomic mass is 10.00. The molecule has 1 saturated heterocycles. The van der Waals surface area contributed by atoms with Gasteiger partial charge >= 0.3 is 6.09 Å². The molecule has 1 aliphatic carbocycles. The average Bonchev–Trinajstić information content (AvgIpc) is 3.82. The van der Waals surface area contributed by atoms with Crippen LogP contribution >= 0.6 is 0 Å². The normalized spacial score (nSPS) is 19.0. The van der Waals surface area contributed by atoms with E-state index in [2.05, 4.69) is 70.3 Å². The number of imidazole rings is 2. The number of amides is 1. The van der Waals surface area contributed by atoms with Crippen LogP contribution in [0.15, 0.2) is 48.8 Å². The van der Waals surface area contributed by atoms with Crippen molar-refractivity contribution in [2.45, 2.75) is 89.9 Å². The van der Waals surface area contributed by atoms with E-state index in [4.69, 9.17) is 14.7 Å². The largest absolute Gasteiger partial charge is 0.444 e. The zero-order chi connectivity index (χ0) is 31.3. The lowest BCUT2D eigenvalue weighted by Crippen LogP contribution is -2.36. The molecule has 1 unspecified atom stereocenters. The van der Waals surface area contributed by atoms with Crippen LogP contribution in [0.5, 0.6) is 0 Å². The maximum atomic E-state index is 12.9. The number of H-pyrrole nitrogens is 2. The number of anilines is 2. The summed E-state index contributed by atoms with van der Waals surface area (Å²) in [6.07, 6.45) is 10.5. The Kier molecular flexibility index (Phi) is 7.58. The van der Waals surface area contributed by atoms with Crippen LogP contribution in [-0.4, -0.2) is 57.2 Å². The van der Waals surface area contributed by atoms with Crippen molar-refractivity contribution in [3.63, 3.8) is 0 Å². The van der Waals surface area contributed by atoms with Crippen molar-refractivity contribution in [1.29, 1.82) is 0 Å². The van der Waals surface area contributed by atoms with E-state index in [1.165, 1.54) is 53.7 Å². The van der Waals surface area contributed by atoms with Crippen molar-refractivity contribution in [2.75, 3.05) is 30.4 Å². The van der Waals surface area contributed by atoms with Crippen LogP contribution in [-0.2, 0) is 17.8 Å². The molecular formula is C36H45N7O2. The predicted molar refractivity (Wildman–Crippen MR) is 178 cm³/mol. The average molecular weight is 608 g/mol. The molecule has 236 valence electrons. The van der Waals surface area contributed by atoms with Crippen molar-refractivity contribution in [3.05, 3.63) is 71.6 Å². The highest BCUT2D eigenvalue weighted by molar-refractivity contribution is 5.72. The quantitative estimate of drug-likeness (QED) is 0.246. The molecule has 0 bridgehead atoms. The number of aromatic amines is 2. The number of carbonyl (C=O) groups excluding carboxylic acids is 1. The van der Waals surface area contributed by atoms with E-state index in [1.54, 1.807) is 0 Å². The Morgan fingerprint density at radius 1 is 0.800 bits per heavy atom. The Balaban J connectivity index is 1.11. The van der Waals surface area contributed by atoms with Crippen LogP contribution in [0.2, 0.25) is 0 Å². The molecule has 2 aliphatic heterocycles. The van der Waals surface area contributed by atoms with Gasteiger partial charge in [-0.15, -0.1) is 0 Å². The monoisotopic (exact) mass is 607 g/mol. The molecule has 2 fully saturated rings. The molecule has 4 heterocycles. The van der Waals surface area contributed by atoms with Gasteiger partial charge in [0.05, 0.1) is 29.8 Å². The fraction of sp³-hybridized carbons (Fsp3) is 0.472. The maximum absolute atomic E-state index is 12.9. The summed E-state index contributed by atoms with van der Waals surface area (Å²) in [5.74, 6) is 2.53. The first-order chi connectivity index (χ1) is 21.6. The molecule has 4 aromatic rings. The summed E-state index contributed by atoms with van der Waals surface area (Å²) < 4.78 is 5.67. The molecule has 1 atom stereocenters. The van der Waals surface area contributed by atoms with Crippen LogP contribution in [0, 0.1) is 0 Å². The molecule has 0 radical (unpaired) electrons. The van der Waals surface area contributed by atoms with E-state index in [9.17, 15) is 4.79 Å². The molecule has 1 amide bonds. The molecular weight excluding hydrogens is 562 g/mol.